The normalized spacial score (nSPS) is 16.2. The molecule has 1 aliphatic rings. The van der Waals surface area contributed by atoms with E-state index >= 15 is 0 Å². The molecule has 1 aromatic carbocycles. The van der Waals surface area contributed by atoms with Crippen LogP contribution in [0.15, 0.2) is 47.5 Å². The van der Waals surface area contributed by atoms with Crippen LogP contribution in [0.25, 0.3) is 0 Å². The molecule has 1 aromatic heterocycles. The zero-order valence-corrected chi connectivity index (χ0v) is 14.4. The lowest BCUT2D eigenvalue weighted by molar-refractivity contribution is -0.137. The molecule has 1 fully saturated rings. The fraction of sp³-hybridized carbons (Fsp3) is 0.312. The summed E-state index contributed by atoms with van der Waals surface area (Å²) in [4.78, 5) is 3.74. The van der Waals surface area contributed by atoms with Crippen molar-refractivity contribution in [3.05, 3.63) is 48.2 Å². The summed E-state index contributed by atoms with van der Waals surface area (Å²) in [7, 11) is -2.17. The highest BCUT2D eigenvalue weighted by atomic mass is 32.2. The lowest BCUT2D eigenvalue weighted by Crippen LogP contribution is -2.56. The Kier molecular flexibility index (Phi) is 4.80. The van der Waals surface area contributed by atoms with E-state index in [1.54, 1.807) is 12.1 Å². The maximum Gasteiger partial charge on any atom is 0.417 e. The number of rotatable bonds is 5. The number of pyridine rings is 1. The standard InChI is InChI=1S/C16H15F3N2O4S/c1-24-12-3-5-14(6-4-12)26(22,23)21-9-13(10-21)25-15-7-2-11(8-20-15)16(17,18)19/h2-8,13H,9-10H2,1H3. The minimum Gasteiger partial charge on any atom is -0.497 e. The van der Waals surface area contributed by atoms with Crippen molar-refractivity contribution < 1.29 is 31.1 Å². The molecular formula is C16H15F3N2O4S. The van der Waals surface area contributed by atoms with Crippen molar-refractivity contribution in [1.29, 1.82) is 0 Å². The molecule has 0 unspecified atom stereocenters. The van der Waals surface area contributed by atoms with Gasteiger partial charge in [-0.3, -0.25) is 0 Å². The molecule has 6 nitrogen and oxygen atoms in total. The average molecular weight is 388 g/mol. The molecule has 0 N–H and O–H groups in total. The van der Waals surface area contributed by atoms with Crippen molar-refractivity contribution >= 4 is 10.0 Å². The van der Waals surface area contributed by atoms with Gasteiger partial charge >= 0.3 is 6.18 Å². The average Bonchev–Trinajstić information content (AvgIpc) is 2.57. The molecule has 0 aliphatic carbocycles. The molecule has 1 aliphatic heterocycles. The Labute approximate surface area is 148 Å². The van der Waals surface area contributed by atoms with E-state index in [9.17, 15) is 21.6 Å². The van der Waals surface area contributed by atoms with Gasteiger partial charge in [-0.15, -0.1) is 0 Å². The van der Waals surface area contributed by atoms with Crippen molar-refractivity contribution in [2.24, 2.45) is 0 Å². The first kappa shape index (κ1) is 18.5. The fourth-order valence-corrected chi connectivity index (χ4v) is 3.86. The number of hydrogen-bond donors (Lipinski definition) is 0. The van der Waals surface area contributed by atoms with Crippen molar-refractivity contribution in [2.45, 2.75) is 17.2 Å². The molecule has 0 spiro atoms. The molecule has 0 bridgehead atoms. The van der Waals surface area contributed by atoms with Gasteiger partial charge in [-0.05, 0) is 30.3 Å². The number of sulfonamides is 1. The Balaban J connectivity index is 1.59. The number of benzene rings is 1. The van der Waals surface area contributed by atoms with Crippen LogP contribution in [0.2, 0.25) is 0 Å². The first-order valence-electron chi connectivity index (χ1n) is 7.54. The summed E-state index contributed by atoms with van der Waals surface area (Å²) >= 11 is 0. The topological polar surface area (TPSA) is 68.7 Å². The highest BCUT2D eigenvalue weighted by molar-refractivity contribution is 7.89. The maximum atomic E-state index is 12.5. The summed E-state index contributed by atoms with van der Waals surface area (Å²) in [6.07, 6.45) is -4.25. The van der Waals surface area contributed by atoms with Gasteiger partial charge in [0.1, 0.15) is 11.9 Å². The summed E-state index contributed by atoms with van der Waals surface area (Å²) in [5, 5.41) is 0. The quantitative estimate of drug-likeness (QED) is 0.788. The van der Waals surface area contributed by atoms with Crippen molar-refractivity contribution in [3.63, 3.8) is 0 Å². The van der Waals surface area contributed by atoms with Gasteiger partial charge in [-0.2, -0.15) is 17.5 Å². The lowest BCUT2D eigenvalue weighted by Gasteiger charge is -2.37. The van der Waals surface area contributed by atoms with E-state index < -0.39 is 27.9 Å². The van der Waals surface area contributed by atoms with E-state index in [-0.39, 0.29) is 23.9 Å². The van der Waals surface area contributed by atoms with Gasteiger partial charge in [-0.25, -0.2) is 13.4 Å². The molecule has 1 saturated heterocycles. The smallest absolute Gasteiger partial charge is 0.417 e. The molecule has 10 heteroatoms. The zero-order valence-electron chi connectivity index (χ0n) is 13.6. The molecule has 0 saturated carbocycles. The predicted molar refractivity (Wildman–Crippen MR) is 85.4 cm³/mol. The molecule has 140 valence electrons. The van der Waals surface area contributed by atoms with Crippen molar-refractivity contribution in [2.75, 3.05) is 20.2 Å². The molecule has 0 radical (unpaired) electrons. The van der Waals surface area contributed by atoms with Crippen LogP contribution in [0.3, 0.4) is 0 Å². The van der Waals surface area contributed by atoms with Gasteiger partial charge in [0, 0.05) is 12.3 Å². The van der Waals surface area contributed by atoms with Crippen LogP contribution < -0.4 is 9.47 Å². The number of alkyl halides is 3. The van der Waals surface area contributed by atoms with Crippen LogP contribution in [0.4, 0.5) is 13.2 Å². The summed E-state index contributed by atoms with van der Waals surface area (Å²) in [6.45, 7) is 0.189. The third-order valence-electron chi connectivity index (χ3n) is 3.86. The number of ether oxygens (including phenoxy) is 2. The van der Waals surface area contributed by atoms with Crippen LogP contribution >= 0.6 is 0 Å². The Bertz CT molecular complexity index is 862. The van der Waals surface area contributed by atoms with Crippen LogP contribution in [-0.2, 0) is 16.2 Å². The molecule has 26 heavy (non-hydrogen) atoms. The minimum atomic E-state index is -4.47. The van der Waals surface area contributed by atoms with Gasteiger partial charge in [0.15, 0.2) is 0 Å². The molecule has 3 rings (SSSR count). The number of halogens is 3. The Morgan fingerprint density at radius 3 is 2.27 bits per heavy atom. The van der Waals surface area contributed by atoms with E-state index in [0.717, 1.165) is 12.1 Å². The van der Waals surface area contributed by atoms with Crippen LogP contribution in [0, 0.1) is 0 Å². The highest BCUT2D eigenvalue weighted by Crippen LogP contribution is 2.30. The second-order valence-electron chi connectivity index (χ2n) is 5.62. The van der Waals surface area contributed by atoms with Crippen molar-refractivity contribution in [1.82, 2.24) is 9.29 Å². The number of methoxy groups -OCH3 is 1. The fourth-order valence-electron chi connectivity index (χ4n) is 2.36. The SMILES string of the molecule is COc1ccc(S(=O)(=O)N2CC(Oc3ccc(C(F)(F)F)cn3)C2)cc1. The van der Waals surface area contributed by atoms with E-state index in [4.69, 9.17) is 9.47 Å². The molecule has 2 heterocycles. The number of nitrogens with zero attached hydrogens (tertiary/aromatic N) is 2. The maximum absolute atomic E-state index is 12.5. The molecular weight excluding hydrogens is 373 g/mol. The monoisotopic (exact) mass is 388 g/mol. The molecule has 0 atom stereocenters. The third-order valence-corrected chi connectivity index (χ3v) is 5.71. The van der Waals surface area contributed by atoms with E-state index in [0.29, 0.717) is 11.9 Å². The van der Waals surface area contributed by atoms with E-state index in [1.807, 2.05) is 0 Å². The highest BCUT2D eigenvalue weighted by Gasteiger charge is 2.38. The summed E-state index contributed by atoms with van der Waals surface area (Å²) in [5.74, 6) is 0.562. The second kappa shape index (κ2) is 6.76. The largest absolute Gasteiger partial charge is 0.497 e. The van der Waals surface area contributed by atoms with Crippen LogP contribution in [0.1, 0.15) is 5.56 Å². The second-order valence-corrected chi connectivity index (χ2v) is 7.56. The van der Waals surface area contributed by atoms with E-state index in [1.165, 1.54) is 23.5 Å². The molecule has 0 amide bonds. The lowest BCUT2D eigenvalue weighted by atomic mass is 10.2. The summed E-state index contributed by atoms with van der Waals surface area (Å²) in [5.41, 5.74) is -0.873. The van der Waals surface area contributed by atoms with Gasteiger partial charge < -0.3 is 9.47 Å². The Hall–Kier alpha value is -2.33. The van der Waals surface area contributed by atoms with Crippen LogP contribution in [0.5, 0.6) is 11.6 Å². The molecule has 2 aromatic rings. The first-order valence-corrected chi connectivity index (χ1v) is 8.98. The number of hydrogen-bond acceptors (Lipinski definition) is 5. The van der Waals surface area contributed by atoms with Crippen molar-refractivity contribution in [3.8, 4) is 11.6 Å². The van der Waals surface area contributed by atoms with Gasteiger partial charge in [0.2, 0.25) is 15.9 Å². The van der Waals surface area contributed by atoms with Crippen LogP contribution in [-0.4, -0.2) is 44.0 Å². The zero-order chi connectivity index (χ0) is 18.9. The van der Waals surface area contributed by atoms with Gasteiger partial charge in [-0.1, -0.05) is 0 Å². The Morgan fingerprint density at radius 2 is 1.77 bits per heavy atom. The van der Waals surface area contributed by atoms with Gasteiger partial charge in [0.25, 0.3) is 0 Å². The van der Waals surface area contributed by atoms with E-state index in [2.05, 4.69) is 4.98 Å². The Morgan fingerprint density at radius 1 is 1.12 bits per heavy atom. The number of aromatic nitrogens is 1. The minimum absolute atomic E-state index is 0.0181. The summed E-state index contributed by atoms with van der Waals surface area (Å²) in [6, 6.07) is 7.97. The predicted octanol–water partition coefficient (Wildman–Crippen LogP) is 2.56. The summed E-state index contributed by atoms with van der Waals surface area (Å²) < 4.78 is 74.0. The third kappa shape index (κ3) is 3.75. The first-order chi connectivity index (χ1) is 12.2. The van der Waals surface area contributed by atoms with Gasteiger partial charge in [0.05, 0.1) is 30.7 Å².